The van der Waals surface area contributed by atoms with Crippen molar-refractivity contribution >= 4 is 18.4 Å². The average molecular weight is 242 g/mol. The zero-order chi connectivity index (χ0) is 11.3. The van der Waals surface area contributed by atoms with Gasteiger partial charge in [-0.25, -0.2) is 4.79 Å². The number of hydrogen-bond donors (Lipinski definition) is 1. The summed E-state index contributed by atoms with van der Waals surface area (Å²) in [4.78, 5) is 12.7. The van der Waals surface area contributed by atoms with Crippen LogP contribution in [0.3, 0.4) is 0 Å². The Bertz CT molecular complexity index is 349. The van der Waals surface area contributed by atoms with Crippen molar-refractivity contribution in [3.63, 3.8) is 0 Å². The summed E-state index contributed by atoms with van der Waals surface area (Å²) < 4.78 is 0. The van der Waals surface area contributed by atoms with Gasteiger partial charge in [-0.15, -0.1) is 19.0 Å². The summed E-state index contributed by atoms with van der Waals surface area (Å²) in [6.07, 6.45) is 1.84. The predicted molar refractivity (Wildman–Crippen MR) is 67.2 cm³/mol. The molecule has 0 fully saturated rings. The molecule has 0 aliphatic rings. The van der Waals surface area contributed by atoms with Gasteiger partial charge in [0.1, 0.15) is 0 Å². The van der Waals surface area contributed by atoms with E-state index >= 15 is 0 Å². The fourth-order valence-corrected chi connectivity index (χ4v) is 1.35. The van der Waals surface area contributed by atoms with E-state index in [0.29, 0.717) is 5.56 Å². The van der Waals surface area contributed by atoms with Gasteiger partial charge in [0.2, 0.25) is 0 Å². The van der Waals surface area contributed by atoms with Crippen molar-refractivity contribution in [1.82, 2.24) is 4.90 Å². The highest BCUT2D eigenvalue weighted by molar-refractivity contribution is 5.87. The highest BCUT2D eigenvalue weighted by Gasteiger charge is 2.02. The third-order valence-corrected chi connectivity index (χ3v) is 2.09. The standard InChI is InChI=1S/C12H15NO2.ClH/c1-3-8-13(2)9-10-4-6-11(7-5-10)12(14)15;/h3-7H,1,8-9H2,2H3,(H,14,15);1H. The highest BCUT2D eigenvalue weighted by Crippen LogP contribution is 2.06. The largest absolute Gasteiger partial charge is 0.478 e. The summed E-state index contributed by atoms with van der Waals surface area (Å²) in [6.45, 7) is 5.28. The second-order valence-corrected chi connectivity index (χ2v) is 3.49. The zero-order valence-corrected chi connectivity index (χ0v) is 10.0. The molecule has 0 saturated heterocycles. The van der Waals surface area contributed by atoms with E-state index in [1.807, 2.05) is 25.3 Å². The van der Waals surface area contributed by atoms with Crippen LogP contribution in [0.4, 0.5) is 0 Å². The van der Waals surface area contributed by atoms with Crippen LogP contribution in [0.5, 0.6) is 0 Å². The molecule has 3 nitrogen and oxygen atoms in total. The number of hydrogen-bond acceptors (Lipinski definition) is 2. The fraction of sp³-hybridized carbons (Fsp3) is 0.250. The Balaban J connectivity index is 0.00000225. The Hall–Kier alpha value is -1.32. The van der Waals surface area contributed by atoms with Crippen molar-refractivity contribution in [2.45, 2.75) is 6.54 Å². The lowest BCUT2D eigenvalue weighted by molar-refractivity contribution is 0.0697. The van der Waals surface area contributed by atoms with E-state index in [0.717, 1.165) is 18.7 Å². The minimum atomic E-state index is -0.888. The maximum Gasteiger partial charge on any atom is 0.335 e. The van der Waals surface area contributed by atoms with Crippen LogP contribution < -0.4 is 0 Å². The third-order valence-electron chi connectivity index (χ3n) is 2.09. The second-order valence-electron chi connectivity index (χ2n) is 3.49. The van der Waals surface area contributed by atoms with Gasteiger partial charge in [0.15, 0.2) is 0 Å². The van der Waals surface area contributed by atoms with Crippen molar-refractivity contribution in [2.75, 3.05) is 13.6 Å². The Kier molecular flexibility index (Phi) is 6.46. The SMILES string of the molecule is C=CCN(C)Cc1ccc(C(=O)O)cc1.Cl. The smallest absolute Gasteiger partial charge is 0.335 e. The summed E-state index contributed by atoms with van der Waals surface area (Å²) in [5, 5.41) is 8.72. The van der Waals surface area contributed by atoms with Gasteiger partial charge in [0.25, 0.3) is 0 Å². The molecule has 0 bridgehead atoms. The molecule has 0 aliphatic heterocycles. The molecule has 0 unspecified atom stereocenters. The van der Waals surface area contributed by atoms with Crippen LogP contribution in [0.15, 0.2) is 36.9 Å². The second kappa shape index (κ2) is 7.04. The number of halogens is 1. The lowest BCUT2D eigenvalue weighted by atomic mass is 10.1. The summed E-state index contributed by atoms with van der Waals surface area (Å²) >= 11 is 0. The Morgan fingerprint density at radius 1 is 1.44 bits per heavy atom. The molecule has 16 heavy (non-hydrogen) atoms. The number of carboxylic acid groups (broad SMARTS) is 1. The monoisotopic (exact) mass is 241 g/mol. The van der Waals surface area contributed by atoms with E-state index in [2.05, 4.69) is 11.5 Å². The molecular formula is C12H16ClNO2. The third kappa shape index (κ3) is 4.47. The molecule has 0 aromatic heterocycles. The van der Waals surface area contributed by atoms with Crippen molar-refractivity contribution in [2.24, 2.45) is 0 Å². The van der Waals surface area contributed by atoms with Crippen LogP contribution in [-0.4, -0.2) is 29.6 Å². The molecule has 0 spiro atoms. The highest BCUT2D eigenvalue weighted by atomic mass is 35.5. The van der Waals surface area contributed by atoms with E-state index in [1.54, 1.807) is 12.1 Å². The van der Waals surface area contributed by atoms with Gasteiger partial charge in [0.05, 0.1) is 5.56 Å². The van der Waals surface area contributed by atoms with Gasteiger partial charge < -0.3 is 5.11 Å². The van der Waals surface area contributed by atoms with Gasteiger partial charge in [-0.2, -0.15) is 0 Å². The number of nitrogens with zero attached hydrogens (tertiary/aromatic N) is 1. The minimum Gasteiger partial charge on any atom is -0.478 e. The first-order chi connectivity index (χ1) is 7.13. The molecule has 1 N–H and O–H groups in total. The molecule has 0 aliphatic carbocycles. The summed E-state index contributed by atoms with van der Waals surface area (Å²) in [6, 6.07) is 6.92. The van der Waals surface area contributed by atoms with Crippen LogP contribution >= 0.6 is 12.4 Å². The number of carbonyl (C=O) groups is 1. The van der Waals surface area contributed by atoms with E-state index in [9.17, 15) is 4.79 Å². The number of likely N-dealkylation sites (N-methyl/N-ethyl adjacent to an activating group) is 1. The van der Waals surface area contributed by atoms with Gasteiger partial charge >= 0.3 is 5.97 Å². The molecule has 0 saturated carbocycles. The summed E-state index contributed by atoms with van der Waals surface area (Å²) in [7, 11) is 1.99. The topological polar surface area (TPSA) is 40.5 Å². The van der Waals surface area contributed by atoms with Crippen molar-refractivity contribution in [1.29, 1.82) is 0 Å². The molecule has 0 radical (unpaired) electrons. The first kappa shape index (κ1) is 14.7. The molecule has 1 rings (SSSR count). The Morgan fingerprint density at radius 3 is 2.44 bits per heavy atom. The molecule has 0 atom stereocenters. The van der Waals surface area contributed by atoms with Gasteiger partial charge in [0, 0.05) is 13.1 Å². The van der Waals surface area contributed by atoms with Crippen LogP contribution in [0, 0.1) is 0 Å². The van der Waals surface area contributed by atoms with Crippen molar-refractivity contribution < 1.29 is 9.90 Å². The lowest BCUT2D eigenvalue weighted by Crippen LogP contribution is -2.17. The van der Waals surface area contributed by atoms with E-state index in [4.69, 9.17) is 5.11 Å². The quantitative estimate of drug-likeness (QED) is 0.805. The molecule has 88 valence electrons. The first-order valence-electron chi connectivity index (χ1n) is 4.75. The van der Waals surface area contributed by atoms with E-state index in [-0.39, 0.29) is 12.4 Å². The fourth-order valence-electron chi connectivity index (χ4n) is 1.35. The van der Waals surface area contributed by atoms with Gasteiger partial charge in [-0.3, -0.25) is 4.90 Å². The number of rotatable bonds is 5. The van der Waals surface area contributed by atoms with Crippen molar-refractivity contribution in [3.05, 3.63) is 48.0 Å². The molecule has 0 amide bonds. The molecule has 4 heteroatoms. The van der Waals surface area contributed by atoms with Crippen LogP contribution in [-0.2, 0) is 6.54 Å². The van der Waals surface area contributed by atoms with Gasteiger partial charge in [-0.1, -0.05) is 18.2 Å². The number of aromatic carboxylic acids is 1. The zero-order valence-electron chi connectivity index (χ0n) is 9.22. The molecule has 0 heterocycles. The molecule has 1 aromatic rings. The van der Waals surface area contributed by atoms with E-state index in [1.165, 1.54) is 0 Å². The number of benzene rings is 1. The number of carboxylic acids is 1. The van der Waals surface area contributed by atoms with Crippen LogP contribution in [0.2, 0.25) is 0 Å². The Labute approximate surface area is 102 Å². The normalized spacial score (nSPS) is 9.62. The molecular weight excluding hydrogens is 226 g/mol. The summed E-state index contributed by atoms with van der Waals surface area (Å²) in [5.74, 6) is -0.888. The van der Waals surface area contributed by atoms with E-state index < -0.39 is 5.97 Å². The maximum absolute atomic E-state index is 10.6. The van der Waals surface area contributed by atoms with Crippen LogP contribution in [0.1, 0.15) is 15.9 Å². The first-order valence-corrected chi connectivity index (χ1v) is 4.75. The lowest BCUT2D eigenvalue weighted by Gasteiger charge is -2.13. The summed E-state index contributed by atoms with van der Waals surface area (Å²) in [5.41, 5.74) is 1.43. The maximum atomic E-state index is 10.6. The average Bonchev–Trinajstić information content (AvgIpc) is 2.18. The predicted octanol–water partition coefficient (Wildman–Crippen LogP) is 2.42. The molecule has 1 aromatic carbocycles. The van der Waals surface area contributed by atoms with Gasteiger partial charge in [-0.05, 0) is 24.7 Å². The van der Waals surface area contributed by atoms with Crippen LogP contribution in [0.25, 0.3) is 0 Å². The van der Waals surface area contributed by atoms with Crippen molar-refractivity contribution in [3.8, 4) is 0 Å². The Morgan fingerprint density at radius 2 is 2.00 bits per heavy atom. The minimum absolute atomic E-state index is 0.